The minimum absolute atomic E-state index is 0.0410. The quantitative estimate of drug-likeness (QED) is 0.729. The van der Waals surface area contributed by atoms with E-state index in [0.717, 1.165) is 5.56 Å². The van der Waals surface area contributed by atoms with Crippen LogP contribution in [-0.4, -0.2) is 16.4 Å². The van der Waals surface area contributed by atoms with Crippen molar-refractivity contribution in [3.8, 4) is 16.9 Å². The average molecular weight is 315 g/mol. The Morgan fingerprint density at radius 1 is 1.13 bits per heavy atom. The van der Waals surface area contributed by atoms with Gasteiger partial charge >= 0.3 is 6.61 Å². The first-order valence-electron chi connectivity index (χ1n) is 7.03. The van der Waals surface area contributed by atoms with Crippen LogP contribution < -0.4 is 10.5 Å². The van der Waals surface area contributed by atoms with Crippen molar-refractivity contribution >= 4 is 5.69 Å². The van der Waals surface area contributed by atoms with Crippen molar-refractivity contribution in [3.63, 3.8) is 0 Å². The summed E-state index contributed by atoms with van der Waals surface area (Å²) in [6.45, 7) is -2.31. The van der Waals surface area contributed by atoms with E-state index >= 15 is 0 Å². The third-order valence-electron chi connectivity index (χ3n) is 3.35. The number of anilines is 1. The van der Waals surface area contributed by atoms with Crippen molar-refractivity contribution in [2.45, 2.75) is 13.2 Å². The number of nitrogen functional groups attached to an aromatic ring is 1. The van der Waals surface area contributed by atoms with Crippen LogP contribution in [0.25, 0.3) is 11.1 Å². The molecule has 0 aliphatic heterocycles. The predicted octanol–water partition coefficient (Wildman–Crippen LogP) is 3.78. The molecule has 118 valence electrons. The highest BCUT2D eigenvalue weighted by Gasteiger charge is 2.13. The van der Waals surface area contributed by atoms with Gasteiger partial charge in [-0.25, -0.2) is 0 Å². The largest absolute Gasteiger partial charge is 0.434 e. The Morgan fingerprint density at radius 3 is 2.65 bits per heavy atom. The lowest BCUT2D eigenvalue weighted by molar-refractivity contribution is -0.0494. The molecular formula is C17H15F2N3O. The molecule has 0 bridgehead atoms. The highest BCUT2D eigenvalue weighted by molar-refractivity contribution is 5.72. The Hall–Kier alpha value is -2.89. The van der Waals surface area contributed by atoms with Gasteiger partial charge in [0.15, 0.2) is 0 Å². The van der Waals surface area contributed by atoms with Crippen LogP contribution in [0.5, 0.6) is 5.75 Å². The third-order valence-corrected chi connectivity index (χ3v) is 3.35. The molecule has 0 atom stereocenters. The van der Waals surface area contributed by atoms with Crippen LogP contribution in [0.4, 0.5) is 14.5 Å². The molecule has 0 aliphatic carbocycles. The third kappa shape index (κ3) is 3.66. The molecule has 0 spiro atoms. The summed E-state index contributed by atoms with van der Waals surface area (Å²) in [5.74, 6) is 0.0410. The number of ether oxygens (including phenoxy) is 1. The first-order valence-corrected chi connectivity index (χ1v) is 7.03. The molecule has 1 heterocycles. The summed E-state index contributed by atoms with van der Waals surface area (Å²) >= 11 is 0. The minimum atomic E-state index is -2.91. The molecule has 0 radical (unpaired) electrons. The van der Waals surface area contributed by atoms with Crippen LogP contribution in [-0.2, 0) is 6.54 Å². The van der Waals surface area contributed by atoms with E-state index in [2.05, 4.69) is 9.84 Å². The Balaban J connectivity index is 1.88. The van der Waals surface area contributed by atoms with Crippen LogP contribution in [0.15, 0.2) is 60.9 Å². The summed E-state index contributed by atoms with van der Waals surface area (Å²) in [5.41, 5.74) is 8.32. The second kappa shape index (κ2) is 6.48. The summed E-state index contributed by atoms with van der Waals surface area (Å²) in [6, 6.07) is 14.5. The zero-order chi connectivity index (χ0) is 16.2. The monoisotopic (exact) mass is 315 g/mol. The van der Waals surface area contributed by atoms with Crippen molar-refractivity contribution in [1.29, 1.82) is 0 Å². The number of aromatic nitrogens is 2. The maximum absolute atomic E-state index is 12.6. The van der Waals surface area contributed by atoms with Gasteiger partial charge in [0.25, 0.3) is 0 Å². The van der Waals surface area contributed by atoms with Gasteiger partial charge < -0.3 is 10.5 Å². The molecule has 0 saturated carbocycles. The van der Waals surface area contributed by atoms with E-state index in [-0.39, 0.29) is 5.75 Å². The number of nitrogens with zero attached hydrogens (tertiary/aromatic N) is 2. The number of nitrogens with two attached hydrogens (primary N) is 1. The van der Waals surface area contributed by atoms with Gasteiger partial charge in [-0.15, -0.1) is 0 Å². The Labute approximate surface area is 132 Å². The van der Waals surface area contributed by atoms with Gasteiger partial charge in [-0.1, -0.05) is 30.3 Å². The average Bonchev–Trinajstić information content (AvgIpc) is 2.96. The number of benzene rings is 2. The molecule has 1 aromatic heterocycles. The molecule has 0 unspecified atom stereocenters. The summed E-state index contributed by atoms with van der Waals surface area (Å²) in [4.78, 5) is 0. The molecule has 0 fully saturated rings. The van der Waals surface area contributed by atoms with E-state index in [1.807, 2.05) is 30.3 Å². The molecular weight excluding hydrogens is 300 g/mol. The second-order valence-electron chi connectivity index (χ2n) is 5.05. The zero-order valence-corrected chi connectivity index (χ0v) is 12.2. The van der Waals surface area contributed by atoms with Crippen molar-refractivity contribution in [1.82, 2.24) is 9.78 Å². The second-order valence-corrected chi connectivity index (χ2v) is 5.05. The molecule has 2 aromatic carbocycles. The molecule has 3 rings (SSSR count). The van der Waals surface area contributed by atoms with Gasteiger partial charge in [-0.05, 0) is 17.7 Å². The fraction of sp³-hybridized carbons (Fsp3) is 0.118. The highest BCUT2D eigenvalue weighted by Crippen LogP contribution is 2.32. The lowest BCUT2D eigenvalue weighted by atomic mass is 10.1. The highest BCUT2D eigenvalue weighted by atomic mass is 19.3. The number of hydrogen-bond acceptors (Lipinski definition) is 3. The molecule has 0 aliphatic rings. The normalized spacial score (nSPS) is 10.9. The lowest BCUT2D eigenvalue weighted by Crippen LogP contribution is -2.03. The van der Waals surface area contributed by atoms with Crippen LogP contribution in [0.3, 0.4) is 0 Å². The summed E-state index contributed by atoms with van der Waals surface area (Å²) in [7, 11) is 0. The fourth-order valence-electron chi connectivity index (χ4n) is 2.33. The SMILES string of the molecule is Nc1ccc(-c2cnn(Cc3ccccc3)c2)c(OC(F)F)c1. The van der Waals surface area contributed by atoms with Crippen molar-refractivity contribution < 1.29 is 13.5 Å². The first kappa shape index (κ1) is 15.0. The van der Waals surface area contributed by atoms with Crippen molar-refractivity contribution in [2.75, 3.05) is 5.73 Å². The van der Waals surface area contributed by atoms with Crippen LogP contribution in [0.1, 0.15) is 5.56 Å². The topological polar surface area (TPSA) is 53.1 Å². The maximum atomic E-state index is 12.6. The van der Waals surface area contributed by atoms with Gasteiger partial charge in [0.1, 0.15) is 5.75 Å². The lowest BCUT2D eigenvalue weighted by Gasteiger charge is -2.10. The summed E-state index contributed by atoms with van der Waals surface area (Å²) in [6.07, 6.45) is 3.41. The van der Waals surface area contributed by atoms with Gasteiger partial charge in [0.2, 0.25) is 0 Å². The molecule has 6 heteroatoms. The van der Waals surface area contributed by atoms with Crippen molar-refractivity contribution in [2.24, 2.45) is 0 Å². The summed E-state index contributed by atoms with van der Waals surface area (Å²) in [5, 5.41) is 4.27. The Bertz CT molecular complexity index is 788. The van der Waals surface area contributed by atoms with E-state index in [1.165, 1.54) is 6.07 Å². The van der Waals surface area contributed by atoms with Gasteiger partial charge in [0, 0.05) is 29.1 Å². The Morgan fingerprint density at radius 2 is 1.91 bits per heavy atom. The fourth-order valence-corrected chi connectivity index (χ4v) is 2.33. The molecule has 0 saturated heterocycles. The van der Waals surface area contributed by atoms with Crippen LogP contribution >= 0.6 is 0 Å². The minimum Gasteiger partial charge on any atom is -0.434 e. The standard InChI is InChI=1S/C17H15F2N3O/c18-17(19)23-16-8-14(20)6-7-15(16)13-9-21-22(11-13)10-12-4-2-1-3-5-12/h1-9,11,17H,10,20H2. The first-order chi connectivity index (χ1) is 11.1. The van der Waals surface area contributed by atoms with E-state index < -0.39 is 6.61 Å². The number of halogens is 2. The molecule has 3 aromatic rings. The van der Waals surface area contributed by atoms with Gasteiger partial charge in [0.05, 0.1) is 12.7 Å². The number of rotatable bonds is 5. The number of alkyl halides is 2. The maximum Gasteiger partial charge on any atom is 0.387 e. The van der Waals surface area contributed by atoms with E-state index in [1.54, 1.807) is 29.2 Å². The molecule has 2 N–H and O–H groups in total. The van der Waals surface area contributed by atoms with Crippen LogP contribution in [0.2, 0.25) is 0 Å². The van der Waals surface area contributed by atoms with Crippen LogP contribution in [0, 0.1) is 0 Å². The van der Waals surface area contributed by atoms with E-state index in [4.69, 9.17) is 5.73 Å². The molecule has 0 amide bonds. The van der Waals surface area contributed by atoms with Gasteiger partial charge in [-0.2, -0.15) is 13.9 Å². The van der Waals surface area contributed by atoms with Crippen molar-refractivity contribution in [3.05, 3.63) is 66.5 Å². The smallest absolute Gasteiger partial charge is 0.387 e. The van der Waals surface area contributed by atoms with E-state index in [9.17, 15) is 8.78 Å². The Kier molecular flexibility index (Phi) is 4.23. The molecule has 4 nitrogen and oxygen atoms in total. The zero-order valence-electron chi connectivity index (χ0n) is 12.2. The summed E-state index contributed by atoms with van der Waals surface area (Å²) < 4.78 is 31.4. The number of hydrogen-bond donors (Lipinski definition) is 1. The predicted molar refractivity (Wildman–Crippen MR) is 84.3 cm³/mol. The molecule has 23 heavy (non-hydrogen) atoms. The van der Waals surface area contributed by atoms with Gasteiger partial charge in [-0.3, -0.25) is 4.68 Å². The van der Waals surface area contributed by atoms with E-state index in [0.29, 0.717) is 23.4 Å².